The Morgan fingerprint density at radius 2 is 1.41 bits per heavy atom. The summed E-state index contributed by atoms with van der Waals surface area (Å²) in [4.78, 5) is 2.38. The maximum atomic E-state index is 6.42. The minimum atomic E-state index is -2.60. The first kappa shape index (κ1) is 16.6. The second-order valence-corrected chi connectivity index (χ2v) is 25.6. The van der Waals surface area contributed by atoms with Gasteiger partial charge in [-0.05, 0) is 0 Å². The van der Waals surface area contributed by atoms with E-state index in [1.807, 2.05) is 0 Å². The zero-order chi connectivity index (χ0) is 15.6. The Kier molecular flexibility index (Phi) is 5.03. The molecule has 0 spiro atoms. The predicted molar refractivity (Wildman–Crippen MR) is 95.2 cm³/mol. The van der Waals surface area contributed by atoms with Crippen LogP contribution in [0, 0.1) is 0 Å². The molecule has 1 aromatic rings. The van der Waals surface area contributed by atoms with Crippen molar-refractivity contribution in [1.82, 2.24) is 4.90 Å². The summed E-state index contributed by atoms with van der Waals surface area (Å²) in [5.41, 5.74) is 0. The van der Waals surface area contributed by atoms with Crippen LogP contribution in [-0.2, 0) is 13.3 Å². The van der Waals surface area contributed by atoms with E-state index in [1.165, 1.54) is 5.19 Å². The summed E-state index contributed by atoms with van der Waals surface area (Å²) in [5.74, 6) is 0. The lowest BCUT2D eigenvalue weighted by Gasteiger charge is -2.55. The molecule has 2 bridgehead atoms. The third kappa shape index (κ3) is 3.45. The molecule has 0 saturated carbocycles. The smallest absolute Gasteiger partial charge is 0.320 e. The highest BCUT2D eigenvalue weighted by Crippen LogP contribution is 2.24. The normalized spacial score (nSPS) is 29.5. The maximum Gasteiger partial charge on any atom is 0.320 e. The largest absolute Gasteiger partial charge is 0.394 e. The minimum Gasteiger partial charge on any atom is -0.394 e. The quantitative estimate of drug-likeness (QED) is 0.765. The van der Waals surface area contributed by atoms with Crippen LogP contribution in [0.15, 0.2) is 30.3 Å². The Morgan fingerprint density at radius 3 is 1.86 bits per heavy atom. The van der Waals surface area contributed by atoms with Gasteiger partial charge in [-0.3, -0.25) is 4.90 Å². The first-order valence-corrected chi connectivity index (χ1v) is 16.8. The highest BCUT2D eigenvalue weighted by Gasteiger charge is 2.44. The molecule has 22 heavy (non-hydrogen) atoms. The molecule has 3 fully saturated rings. The molecule has 0 atom stereocenters. The number of hydrogen-bond donors (Lipinski definition) is 0. The summed E-state index contributed by atoms with van der Waals surface area (Å²) in [6.07, 6.45) is 0. The molecule has 0 N–H and O–H groups in total. The molecule has 4 nitrogen and oxygen atoms in total. The Morgan fingerprint density at radius 1 is 0.909 bits per heavy atom. The van der Waals surface area contributed by atoms with Crippen LogP contribution in [0.5, 0.6) is 0 Å². The average molecular weight is 353 g/mol. The Hall–Kier alpha value is -0.289. The lowest BCUT2D eigenvalue weighted by atomic mass is 10.4. The van der Waals surface area contributed by atoms with Gasteiger partial charge in [0, 0.05) is 39.5 Å². The van der Waals surface area contributed by atoms with Crippen LogP contribution in [0.25, 0.3) is 0 Å². The van der Waals surface area contributed by atoms with E-state index < -0.39 is 23.7 Å². The number of rotatable bonds is 3. The van der Waals surface area contributed by atoms with Crippen LogP contribution in [0.1, 0.15) is 0 Å². The van der Waals surface area contributed by atoms with Crippen LogP contribution < -0.4 is 5.19 Å². The van der Waals surface area contributed by atoms with Crippen molar-refractivity contribution in [3.63, 3.8) is 0 Å². The molecular weight excluding hydrogens is 326 g/mol. The lowest BCUT2D eigenvalue weighted by molar-refractivity contribution is 0.00606. The van der Waals surface area contributed by atoms with Crippen molar-refractivity contribution in [1.29, 1.82) is 0 Å². The molecule has 7 heteroatoms. The van der Waals surface area contributed by atoms with Crippen LogP contribution in [0.3, 0.4) is 0 Å². The van der Waals surface area contributed by atoms with Gasteiger partial charge in [-0.25, -0.2) is 0 Å². The summed E-state index contributed by atoms with van der Waals surface area (Å²) in [6, 6.07) is 10.9. The molecular formula is C15H26NO3Si3-. The number of hydrogen-bond acceptors (Lipinski definition) is 4. The second kappa shape index (κ2) is 6.68. The first-order chi connectivity index (χ1) is 10.5. The summed E-state index contributed by atoms with van der Waals surface area (Å²) in [5, 5.41) is 1.43. The van der Waals surface area contributed by atoms with Gasteiger partial charge in [-0.2, -0.15) is 13.0 Å². The van der Waals surface area contributed by atoms with Gasteiger partial charge in [0.25, 0.3) is 0 Å². The molecule has 0 amide bonds. The number of benzene rings is 1. The third-order valence-electron chi connectivity index (χ3n) is 4.22. The van der Waals surface area contributed by atoms with Crippen LogP contribution in [-0.4, -0.2) is 68.1 Å². The van der Waals surface area contributed by atoms with Gasteiger partial charge < -0.3 is 13.3 Å². The molecule has 3 aliphatic rings. The monoisotopic (exact) mass is 352 g/mol. The second-order valence-electron chi connectivity index (χ2n) is 6.93. The summed E-state index contributed by atoms with van der Waals surface area (Å²) >= 11 is 0. The molecule has 0 aromatic heterocycles. The van der Waals surface area contributed by atoms with Crippen LogP contribution in [0.4, 0.5) is 0 Å². The molecule has 0 radical (unpaired) electrons. The number of fused-ring (bicyclic) bond motifs is 6. The fourth-order valence-electron chi connectivity index (χ4n) is 3.28. The zero-order valence-corrected chi connectivity index (χ0v) is 16.8. The first-order valence-electron chi connectivity index (χ1n) is 8.09. The van der Waals surface area contributed by atoms with Gasteiger partial charge in [0.05, 0.1) is 0 Å². The van der Waals surface area contributed by atoms with Crippen molar-refractivity contribution in [2.24, 2.45) is 0 Å². The van der Waals surface area contributed by atoms with E-state index in [9.17, 15) is 0 Å². The van der Waals surface area contributed by atoms with Gasteiger partial charge in [-0.15, -0.1) is 0 Å². The topological polar surface area (TPSA) is 30.9 Å². The van der Waals surface area contributed by atoms with Gasteiger partial charge in [-0.1, -0.05) is 57.6 Å². The molecule has 1 aromatic carbocycles. The zero-order valence-electron chi connectivity index (χ0n) is 13.8. The lowest BCUT2D eigenvalue weighted by Crippen LogP contribution is -2.75. The van der Waals surface area contributed by atoms with E-state index in [2.05, 4.69) is 54.9 Å². The summed E-state index contributed by atoms with van der Waals surface area (Å²) in [6.45, 7) is 12.6. The van der Waals surface area contributed by atoms with E-state index in [4.69, 9.17) is 13.3 Å². The van der Waals surface area contributed by atoms with Gasteiger partial charge in [0.1, 0.15) is 0 Å². The Labute approximate surface area is 136 Å². The molecule has 3 saturated heterocycles. The predicted octanol–water partition coefficient (Wildman–Crippen LogP) is 1.20. The molecule has 3 aliphatic heterocycles. The maximum absolute atomic E-state index is 6.42. The van der Waals surface area contributed by atoms with E-state index in [1.54, 1.807) is 0 Å². The van der Waals surface area contributed by atoms with E-state index >= 15 is 0 Å². The number of nitrogens with zero attached hydrogens (tertiary/aromatic N) is 1. The minimum absolute atomic E-state index is 0.748. The fraction of sp³-hybridized carbons (Fsp3) is 0.600. The van der Waals surface area contributed by atoms with Crippen LogP contribution in [0.2, 0.25) is 19.6 Å². The highest BCUT2D eigenvalue weighted by atomic mass is 29.6. The van der Waals surface area contributed by atoms with Gasteiger partial charge in [0.2, 0.25) is 0 Å². The molecule has 3 heterocycles. The van der Waals surface area contributed by atoms with Crippen molar-refractivity contribution >= 4 is 28.9 Å². The highest BCUT2D eigenvalue weighted by molar-refractivity contribution is 7.60. The molecule has 0 aliphatic carbocycles. The summed E-state index contributed by atoms with van der Waals surface area (Å²) < 4.78 is 19.3. The molecule has 122 valence electrons. The van der Waals surface area contributed by atoms with Crippen molar-refractivity contribution in [2.45, 2.75) is 19.6 Å². The van der Waals surface area contributed by atoms with E-state index in [-0.39, 0.29) is 0 Å². The fourth-order valence-corrected chi connectivity index (χ4v) is 27.6. The van der Waals surface area contributed by atoms with E-state index in [0.717, 1.165) is 39.5 Å². The van der Waals surface area contributed by atoms with Crippen LogP contribution >= 0.6 is 0 Å². The average Bonchev–Trinajstić information content (AvgIpc) is 2.39. The van der Waals surface area contributed by atoms with E-state index in [0.29, 0.717) is 0 Å². The Bertz CT molecular complexity index is 468. The van der Waals surface area contributed by atoms with Crippen molar-refractivity contribution < 1.29 is 13.3 Å². The van der Waals surface area contributed by atoms with Crippen molar-refractivity contribution in [3.05, 3.63) is 30.3 Å². The van der Waals surface area contributed by atoms with Crippen molar-refractivity contribution in [3.8, 4) is 0 Å². The van der Waals surface area contributed by atoms with Gasteiger partial charge >= 0.3 is 8.32 Å². The molecule has 0 unspecified atom stereocenters. The summed E-state index contributed by atoms with van der Waals surface area (Å²) in [7, 11) is -5.05. The standard InChI is InChI=1S/C15H26NO3Si3/c1-21(2,3)20(15-7-5-4-6-8-15)22-17-12-9-16(10-13-18-22)11-14-19-22/h4-8H,9-14H2,1-3H3/q-1. The SMILES string of the molecule is C[Si](C)(C)[Si-](c1ccccc1)[Si]12OCCN(CCO1)CCO2. The molecule has 4 rings (SSSR count). The van der Waals surface area contributed by atoms with Crippen molar-refractivity contribution in [2.75, 3.05) is 39.5 Å². The van der Waals surface area contributed by atoms with Gasteiger partial charge in [0.15, 0.2) is 0 Å². The Balaban J connectivity index is 2.00. The third-order valence-corrected chi connectivity index (χ3v) is 27.9.